The van der Waals surface area contributed by atoms with Gasteiger partial charge in [0.2, 0.25) is 0 Å². The zero-order chi connectivity index (χ0) is 11.5. The molecular weight excluding hydrogens is 294 g/mol. The molecule has 2 rings (SSSR count). The molecule has 0 bridgehead atoms. The van der Waals surface area contributed by atoms with Gasteiger partial charge in [-0.2, -0.15) is 0 Å². The van der Waals surface area contributed by atoms with Gasteiger partial charge in [-0.25, -0.2) is 0 Å². The van der Waals surface area contributed by atoms with E-state index in [1.807, 2.05) is 0 Å². The summed E-state index contributed by atoms with van der Waals surface area (Å²) in [5.74, 6) is 0.0155. The number of amides is 1. The van der Waals surface area contributed by atoms with Crippen LogP contribution in [0.5, 0.6) is 0 Å². The van der Waals surface area contributed by atoms with Crippen molar-refractivity contribution in [3.8, 4) is 0 Å². The van der Waals surface area contributed by atoms with E-state index in [2.05, 4.69) is 25.5 Å². The average molecular weight is 306 g/mol. The molecule has 0 aromatic carbocycles. The Morgan fingerprint density at radius 3 is 3.19 bits per heavy atom. The lowest BCUT2D eigenvalue weighted by Gasteiger charge is -2.31. The summed E-state index contributed by atoms with van der Waals surface area (Å²) in [5.41, 5.74) is 0.705. The van der Waals surface area contributed by atoms with Crippen molar-refractivity contribution in [3.63, 3.8) is 0 Å². The van der Waals surface area contributed by atoms with Crippen LogP contribution >= 0.6 is 27.5 Å². The van der Waals surface area contributed by atoms with E-state index < -0.39 is 0 Å². The van der Waals surface area contributed by atoms with Gasteiger partial charge in [-0.1, -0.05) is 20.4 Å². The quantitative estimate of drug-likeness (QED) is 0.767. The van der Waals surface area contributed by atoms with Gasteiger partial charge in [0.1, 0.15) is 4.88 Å². The lowest BCUT2D eigenvalue weighted by atomic mass is 10.2. The molecule has 1 aromatic rings. The minimum Gasteiger partial charge on any atom is -0.374 e. The summed E-state index contributed by atoms with van der Waals surface area (Å²) in [6.07, 6.45) is 0.0823. The zero-order valence-electron chi connectivity index (χ0n) is 8.85. The number of hydrogen-bond donors (Lipinski definition) is 0. The molecule has 0 spiro atoms. The van der Waals surface area contributed by atoms with Crippen LogP contribution in [0.15, 0.2) is 0 Å². The van der Waals surface area contributed by atoms with Gasteiger partial charge in [0.05, 0.1) is 18.4 Å². The Kier molecular flexibility index (Phi) is 3.88. The molecular formula is C9H12BrN3O2S. The topological polar surface area (TPSA) is 55.3 Å². The van der Waals surface area contributed by atoms with Gasteiger partial charge in [0.25, 0.3) is 5.91 Å². The Bertz CT molecular complexity index is 385. The molecule has 1 atom stereocenters. The van der Waals surface area contributed by atoms with Crippen molar-refractivity contribution in [3.05, 3.63) is 10.6 Å². The molecule has 88 valence electrons. The van der Waals surface area contributed by atoms with Crippen molar-refractivity contribution in [1.82, 2.24) is 14.5 Å². The standard InChI is InChI=1S/C9H12BrN3O2S/c1-6-8(16-12-11-6)9(14)13-2-3-15-7(4-10)5-13/h7H,2-5H2,1H3. The Morgan fingerprint density at radius 2 is 2.56 bits per heavy atom. The van der Waals surface area contributed by atoms with Crippen LogP contribution in [-0.4, -0.2) is 51.5 Å². The van der Waals surface area contributed by atoms with Crippen molar-refractivity contribution in [2.75, 3.05) is 25.0 Å². The summed E-state index contributed by atoms with van der Waals surface area (Å²) in [7, 11) is 0. The fourth-order valence-corrected chi connectivity index (χ4v) is 2.59. The minimum atomic E-state index is 0.0155. The maximum atomic E-state index is 12.1. The molecule has 0 N–H and O–H groups in total. The summed E-state index contributed by atoms with van der Waals surface area (Å²) in [6, 6.07) is 0. The van der Waals surface area contributed by atoms with Gasteiger partial charge in [-0.05, 0) is 18.5 Å². The predicted molar refractivity (Wildman–Crippen MR) is 64.1 cm³/mol. The van der Waals surface area contributed by atoms with Crippen LogP contribution in [0.1, 0.15) is 15.4 Å². The first kappa shape index (κ1) is 11.9. The van der Waals surface area contributed by atoms with Crippen LogP contribution in [0.3, 0.4) is 0 Å². The van der Waals surface area contributed by atoms with Crippen LogP contribution in [-0.2, 0) is 4.74 Å². The second-order valence-electron chi connectivity index (χ2n) is 3.59. The van der Waals surface area contributed by atoms with E-state index >= 15 is 0 Å². The summed E-state index contributed by atoms with van der Waals surface area (Å²) >= 11 is 4.52. The smallest absolute Gasteiger partial charge is 0.267 e. The monoisotopic (exact) mass is 305 g/mol. The van der Waals surface area contributed by atoms with E-state index in [0.29, 0.717) is 30.3 Å². The first-order valence-corrected chi connectivity index (χ1v) is 6.87. The molecule has 1 aliphatic rings. The number of ether oxygens (including phenoxy) is 1. The lowest BCUT2D eigenvalue weighted by molar-refractivity contribution is -0.00949. The van der Waals surface area contributed by atoms with Gasteiger partial charge < -0.3 is 9.64 Å². The van der Waals surface area contributed by atoms with E-state index in [-0.39, 0.29) is 12.0 Å². The summed E-state index contributed by atoms with van der Waals surface area (Å²) in [6.45, 7) is 3.66. The highest BCUT2D eigenvalue weighted by atomic mass is 79.9. The molecule has 1 unspecified atom stereocenters. The molecule has 1 saturated heterocycles. The van der Waals surface area contributed by atoms with Gasteiger partial charge in [-0.3, -0.25) is 4.79 Å². The number of halogens is 1. The Labute approximate surface area is 106 Å². The normalized spacial score (nSPS) is 21.1. The molecule has 7 heteroatoms. The molecule has 0 aliphatic carbocycles. The molecule has 1 fully saturated rings. The van der Waals surface area contributed by atoms with Gasteiger partial charge in [0.15, 0.2) is 0 Å². The van der Waals surface area contributed by atoms with Gasteiger partial charge in [-0.15, -0.1) is 5.10 Å². The van der Waals surface area contributed by atoms with Crippen molar-refractivity contribution in [2.45, 2.75) is 13.0 Å². The van der Waals surface area contributed by atoms with E-state index in [4.69, 9.17) is 4.74 Å². The average Bonchev–Trinajstić information content (AvgIpc) is 2.74. The van der Waals surface area contributed by atoms with Gasteiger partial charge >= 0.3 is 0 Å². The number of rotatable bonds is 2. The van der Waals surface area contributed by atoms with Crippen molar-refractivity contribution < 1.29 is 9.53 Å². The van der Waals surface area contributed by atoms with Crippen LogP contribution in [0, 0.1) is 6.92 Å². The first-order valence-electron chi connectivity index (χ1n) is 4.98. The number of alkyl halides is 1. The number of morpholine rings is 1. The number of carbonyl (C=O) groups is 1. The van der Waals surface area contributed by atoms with Crippen molar-refractivity contribution in [2.24, 2.45) is 0 Å². The number of hydrogen-bond acceptors (Lipinski definition) is 5. The predicted octanol–water partition coefficient (Wildman–Crippen LogP) is 1.08. The zero-order valence-corrected chi connectivity index (χ0v) is 11.3. The van der Waals surface area contributed by atoms with Crippen LogP contribution in [0.2, 0.25) is 0 Å². The van der Waals surface area contributed by atoms with Crippen LogP contribution in [0.25, 0.3) is 0 Å². The summed E-state index contributed by atoms with van der Waals surface area (Å²) in [5, 5.41) is 4.60. The molecule has 16 heavy (non-hydrogen) atoms. The fourth-order valence-electron chi connectivity index (χ4n) is 1.57. The van der Waals surface area contributed by atoms with E-state index in [1.165, 1.54) is 0 Å². The third-order valence-electron chi connectivity index (χ3n) is 2.44. The van der Waals surface area contributed by atoms with E-state index in [9.17, 15) is 4.79 Å². The van der Waals surface area contributed by atoms with Crippen molar-refractivity contribution >= 4 is 33.4 Å². The van der Waals surface area contributed by atoms with Gasteiger partial charge in [0, 0.05) is 18.4 Å². The maximum Gasteiger partial charge on any atom is 0.267 e. The lowest BCUT2D eigenvalue weighted by Crippen LogP contribution is -2.46. The molecule has 0 radical (unpaired) electrons. The summed E-state index contributed by atoms with van der Waals surface area (Å²) in [4.78, 5) is 14.6. The van der Waals surface area contributed by atoms with Crippen LogP contribution in [0.4, 0.5) is 0 Å². The second-order valence-corrected chi connectivity index (χ2v) is 4.99. The SMILES string of the molecule is Cc1nnsc1C(=O)N1CCOC(CBr)C1. The van der Waals surface area contributed by atoms with E-state index in [0.717, 1.165) is 16.9 Å². The Balaban J connectivity index is 2.07. The molecule has 5 nitrogen and oxygen atoms in total. The van der Waals surface area contributed by atoms with E-state index in [1.54, 1.807) is 11.8 Å². The molecule has 2 heterocycles. The minimum absolute atomic E-state index is 0.0155. The molecule has 1 amide bonds. The number of aryl methyl sites for hydroxylation is 1. The van der Waals surface area contributed by atoms with Crippen molar-refractivity contribution in [1.29, 1.82) is 0 Å². The Hall–Kier alpha value is -0.530. The second kappa shape index (κ2) is 5.20. The molecule has 1 aliphatic heterocycles. The maximum absolute atomic E-state index is 12.1. The Morgan fingerprint density at radius 1 is 1.75 bits per heavy atom. The highest BCUT2D eigenvalue weighted by Gasteiger charge is 2.26. The summed E-state index contributed by atoms with van der Waals surface area (Å²) < 4.78 is 9.27. The third kappa shape index (κ3) is 2.41. The number of aromatic nitrogens is 2. The first-order chi connectivity index (χ1) is 7.72. The highest BCUT2D eigenvalue weighted by Crippen LogP contribution is 2.16. The largest absolute Gasteiger partial charge is 0.374 e. The molecule has 0 saturated carbocycles. The highest BCUT2D eigenvalue weighted by molar-refractivity contribution is 9.09. The number of carbonyl (C=O) groups excluding carboxylic acids is 1. The third-order valence-corrected chi connectivity index (χ3v) is 3.98. The molecule has 1 aromatic heterocycles. The fraction of sp³-hybridized carbons (Fsp3) is 0.667. The van der Waals surface area contributed by atoms with Crippen LogP contribution < -0.4 is 0 Å². The number of nitrogens with zero attached hydrogens (tertiary/aromatic N) is 3.